The van der Waals surface area contributed by atoms with Gasteiger partial charge in [-0.1, -0.05) is 72.6 Å². The second kappa shape index (κ2) is 13.7. The highest BCUT2D eigenvalue weighted by Gasteiger charge is 2.31. The van der Waals surface area contributed by atoms with E-state index in [1.54, 1.807) is 35.2 Å². The molecule has 3 aromatic rings. The maximum Gasteiger partial charge on any atom is 0.261 e. The summed E-state index contributed by atoms with van der Waals surface area (Å²) in [6.45, 7) is 3.91. The smallest absolute Gasteiger partial charge is 0.261 e. The number of amides is 2. The van der Waals surface area contributed by atoms with Crippen molar-refractivity contribution < 1.29 is 14.3 Å². The minimum absolute atomic E-state index is 0.0276. The molecule has 3 aromatic carbocycles. The number of hydrogen-bond donors (Lipinski definition) is 1. The highest BCUT2D eigenvalue weighted by atomic mass is 79.9. The molecule has 0 heterocycles. The summed E-state index contributed by atoms with van der Waals surface area (Å²) in [5.41, 5.74) is 1.77. The third kappa shape index (κ3) is 8.26. The molecule has 1 N–H and O–H groups in total. The van der Waals surface area contributed by atoms with Gasteiger partial charge >= 0.3 is 0 Å². The molecular formula is C28H29BrCl2N2O3. The molecule has 36 heavy (non-hydrogen) atoms. The Hall–Kier alpha value is -2.54. The van der Waals surface area contributed by atoms with Crippen LogP contribution in [0.3, 0.4) is 0 Å². The van der Waals surface area contributed by atoms with Crippen molar-refractivity contribution in [2.24, 2.45) is 0 Å². The first-order chi connectivity index (χ1) is 17.3. The molecule has 5 nitrogen and oxygen atoms in total. The first-order valence-electron chi connectivity index (χ1n) is 11.7. The number of hydrogen-bond acceptors (Lipinski definition) is 3. The van der Waals surface area contributed by atoms with Crippen molar-refractivity contribution in [2.45, 2.75) is 45.3 Å². The summed E-state index contributed by atoms with van der Waals surface area (Å²) in [6, 6.07) is 21.2. The summed E-state index contributed by atoms with van der Waals surface area (Å²) in [5, 5.41) is 4.16. The molecule has 190 valence electrons. The van der Waals surface area contributed by atoms with Gasteiger partial charge in [0.25, 0.3) is 5.91 Å². The van der Waals surface area contributed by atoms with Gasteiger partial charge in [-0.3, -0.25) is 9.59 Å². The molecule has 0 aliphatic carbocycles. The Morgan fingerprint density at radius 3 is 2.33 bits per heavy atom. The predicted octanol–water partition coefficient (Wildman–Crippen LogP) is 6.69. The van der Waals surface area contributed by atoms with Crippen LogP contribution in [0, 0.1) is 0 Å². The van der Waals surface area contributed by atoms with E-state index in [1.165, 1.54) is 0 Å². The lowest BCUT2D eigenvalue weighted by molar-refractivity contribution is -0.143. The molecule has 0 aliphatic heterocycles. The van der Waals surface area contributed by atoms with Crippen LogP contribution < -0.4 is 10.1 Å². The molecule has 0 radical (unpaired) electrons. The summed E-state index contributed by atoms with van der Waals surface area (Å²) in [4.78, 5) is 28.7. The average molecular weight is 592 g/mol. The number of carbonyl (C=O) groups excluding carboxylic acids is 2. The molecule has 0 aromatic heterocycles. The van der Waals surface area contributed by atoms with Crippen LogP contribution in [0.15, 0.2) is 77.3 Å². The maximum absolute atomic E-state index is 13.6. The van der Waals surface area contributed by atoms with E-state index in [9.17, 15) is 9.59 Å². The van der Waals surface area contributed by atoms with Crippen LogP contribution in [0.5, 0.6) is 5.75 Å². The fourth-order valence-electron chi connectivity index (χ4n) is 3.64. The lowest BCUT2D eigenvalue weighted by Crippen LogP contribution is -2.53. The summed E-state index contributed by atoms with van der Waals surface area (Å²) in [5.74, 6) is -0.0487. The van der Waals surface area contributed by atoms with Crippen LogP contribution in [0.4, 0.5) is 0 Å². The fourth-order valence-corrected chi connectivity index (χ4v) is 4.65. The summed E-state index contributed by atoms with van der Waals surface area (Å²) in [6.07, 6.45) is 1.14. The molecule has 0 saturated heterocycles. The lowest BCUT2D eigenvalue weighted by atomic mass is 10.0. The number of nitrogens with one attached hydrogen (secondary N) is 1. The highest BCUT2D eigenvalue weighted by Crippen LogP contribution is 2.28. The predicted molar refractivity (Wildman–Crippen MR) is 148 cm³/mol. The van der Waals surface area contributed by atoms with Gasteiger partial charge in [-0.05, 0) is 70.7 Å². The monoisotopic (exact) mass is 590 g/mol. The Kier molecular flexibility index (Phi) is 10.7. The molecule has 0 aliphatic rings. The largest absolute Gasteiger partial charge is 0.483 e. The second-order valence-electron chi connectivity index (χ2n) is 8.54. The molecule has 0 saturated carbocycles. The number of nitrogens with zero attached hydrogens (tertiary/aromatic N) is 1. The van der Waals surface area contributed by atoms with Crippen molar-refractivity contribution in [1.82, 2.24) is 10.2 Å². The zero-order valence-corrected chi connectivity index (χ0v) is 23.3. The van der Waals surface area contributed by atoms with Crippen LogP contribution in [0.25, 0.3) is 0 Å². The lowest BCUT2D eigenvalue weighted by Gasteiger charge is -2.32. The van der Waals surface area contributed by atoms with Gasteiger partial charge in [0.1, 0.15) is 11.8 Å². The fraction of sp³-hybridized carbons (Fsp3) is 0.286. The van der Waals surface area contributed by atoms with Gasteiger partial charge in [0.15, 0.2) is 6.61 Å². The van der Waals surface area contributed by atoms with Gasteiger partial charge in [-0.15, -0.1) is 0 Å². The van der Waals surface area contributed by atoms with E-state index in [2.05, 4.69) is 21.2 Å². The van der Waals surface area contributed by atoms with E-state index in [-0.39, 0.29) is 31.0 Å². The van der Waals surface area contributed by atoms with Crippen molar-refractivity contribution in [3.63, 3.8) is 0 Å². The number of halogens is 3. The molecule has 2 atom stereocenters. The van der Waals surface area contributed by atoms with Crippen molar-refractivity contribution >= 4 is 50.9 Å². The van der Waals surface area contributed by atoms with Gasteiger partial charge in [0.2, 0.25) is 5.91 Å². The molecule has 0 spiro atoms. The van der Waals surface area contributed by atoms with E-state index in [0.29, 0.717) is 26.7 Å². The number of ether oxygens (including phenoxy) is 1. The third-order valence-electron chi connectivity index (χ3n) is 5.76. The Bertz CT molecular complexity index is 1180. The van der Waals surface area contributed by atoms with Crippen LogP contribution >= 0.6 is 39.1 Å². The minimum atomic E-state index is -0.745. The molecule has 2 amide bonds. The first kappa shape index (κ1) is 28.0. The summed E-state index contributed by atoms with van der Waals surface area (Å²) in [7, 11) is 0. The Balaban J connectivity index is 1.92. The van der Waals surface area contributed by atoms with E-state index < -0.39 is 6.04 Å². The van der Waals surface area contributed by atoms with Crippen molar-refractivity contribution in [3.05, 3.63) is 98.4 Å². The van der Waals surface area contributed by atoms with Crippen molar-refractivity contribution in [1.29, 1.82) is 0 Å². The van der Waals surface area contributed by atoms with E-state index >= 15 is 0 Å². The Morgan fingerprint density at radius 1 is 0.972 bits per heavy atom. The molecule has 0 bridgehead atoms. The Morgan fingerprint density at radius 2 is 1.67 bits per heavy atom. The van der Waals surface area contributed by atoms with Crippen molar-refractivity contribution in [3.8, 4) is 5.75 Å². The summed E-state index contributed by atoms with van der Waals surface area (Å²) < 4.78 is 6.46. The minimum Gasteiger partial charge on any atom is -0.483 e. The molecule has 0 fully saturated rings. The van der Waals surface area contributed by atoms with E-state index in [0.717, 1.165) is 17.5 Å². The van der Waals surface area contributed by atoms with Crippen LogP contribution in [-0.2, 0) is 22.6 Å². The highest BCUT2D eigenvalue weighted by molar-refractivity contribution is 9.10. The summed E-state index contributed by atoms with van der Waals surface area (Å²) >= 11 is 15.7. The van der Waals surface area contributed by atoms with E-state index in [1.807, 2.05) is 56.3 Å². The molecule has 8 heteroatoms. The van der Waals surface area contributed by atoms with E-state index in [4.69, 9.17) is 27.9 Å². The number of carbonyl (C=O) groups is 2. The van der Waals surface area contributed by atoms with Crippen LogP contribution in [-0.4, -0.2) is 35.4 Å². The van der Waals surface area contributed by atoms with Gasteiger partial charge in [-0.2, -0.15) is 0 Å². The topological polar surface area (TPSA) is 58.6 Å². The first-order valence-corrected chi connectivity index (χ1v) is 13.3. The van der Waals surface area contributed by atoms with Gasteiger partial charge in [-0.25, -0.2) is 0 Å². The third-order valence-corrected chi connectivity index (χ3v) is 6.85. The number of benzene rings is 3. The van der Waals surface area contributed by atoms with Crippen LogP contribution in [0.1, 0.15) is 31.4 Å². The molecule has 3 rings (SSSR count). The van der Waals surface area contributed by atoms with Crippen LogP contribution in [0.2, 0.25) is 10.0 Å². The quantitative estimate of drug-likeness (QED) is 0.270. The number of rotatable bonds is 11. The molecule has 0 unspecified atom stereocenters. The van der Waals surface area contributed by atoms with Gasteiger partial charge in [0.05, 0.1) is 4.47 Å². The maximum atomic E-state index is 13.6. The zero-order chi connectivity index (χ0) is 26.1. The van der Waals surface area contributed by atoms with Crippen molar-refractivity contribution in [2.75, 3.05) is 6.61 Å². The second-order valence-corrected chi connectivity index (χ2v) is 10.3. The Labute approximate surface area is 230 Å². The standard InChI is InChI=1S/C28H29BrCl2N2O3/c1-3-19(2)32-28(35)25(15-20-8-5-4-6-9-20)33(17-21-10-7-11-22(30)14-21)27(34)18-36-26-13-12-23(31)16-24(26)29/h4-14,16,19,25H,3,15,17-18H2,1-2H3,(H,32,35)/t19-,25-/m1/s1. The van der Waals surface area contributed by atoms with Gasteiger partial charge in [0, 0.05) is 29.1 Å². The van der Waals surface area contributed by atoms with Gasteiger partial charge < -0.3 is 15.0 Å². The normalized spacial score (nSPS) is 12.5. The molecular weight excluding hydrogens is 563 g/mol. The zero-order valence-electron chi connectivity index (χ0n) is 20.2. The SMILES string of the molecule is CC[C@@H](C)NC(=O)[C@@H](Cc1ccccc1)N(Cc1cccc(Cl)c1)C(=O)COc1ccc(Cl)cc1Br. The average Bonchev–Trinajstić information content (AvgIpc) is 2.86.